The van der Waals surface area contributed by atoms with Gasteiger partial charge in [-0.1, -0.05) is 62.4 Å². The van der Waals surface area contributed by atoms with E-state index in [9.17, 15) is 18.5 Å². The Morgan fingerprint density at radius 2 is 1.90 bits per heavy atom. The van der Waals surface area contributed by atoms with Crippen LogP contribution >= 0.6 is 0 Å². The smallest absolute Gasteiger partial charge is 0.246 e. The average molecular weight is 559 g/mol. The van der Waals surface area contributed by atoms with Crippen LogP contribution in [0.4, 0.5) is 0 Å². The van der Waals surface area contributed by atoms with Crippen molar-refractivity contribution in [3.63, 3.8) is 0 Å². The second-order valence-corrected chi connectivity index (χ2v) is 12.9. The summed E-state index contributed by atoms with van der Waals surface area (Å²) < 4.78 is 32.4. The molecule has 1 aliphatic carbocycles. The van der Waals surface area contributed by atoms with E-state index in [0.29, 0.717) is 51.6 Å². The summed E-state index contributed by atoms with van der Waals surface area (Å²) in [6.07, 6.45) is 8.55. The standard InChI is InChI=1S/C28H42N6O4S/c1-39(36,37)32-27(34-16-18-38-19-17-34)30-25(20-24-10-6-3-7-11-24)26(35)31-28(21-29)13-15-33(22-28)14-12-23-8-4-2-5-9-23/h2,4-5,8-9,24-25H,3,6-7,10-20,22H2,1H3,(H,30,32)(H,31,35). The largest absolute Gasteiger partial charge is 0.378 e. The van der Waals surface area contributed by atoms with Gasteiger partial charge in [0.1, 0.15) is 11.6 Å². The zero-order valence-electron chi connectivity index (χ0n) is 23.0. The topological polar surface area (TPSA) is 127 Å². The molecule has 0 radical (unpaired) electrons. The molecule has 2 aliphatic heterocycles. The normalized spacial score (nSPS) is 24.2. The molecule has 214 valence electrons. The van der Waals surface area contributed by atoms with Crippen LogP contribution in [0.15, 0.2) is 35.3 Å². The van der Waals surface area contributed by atoms with Crippen molar-refractivity contribution in [2.75, 3.05) is 52.2 Å². The van der Waals surface area contributed by atoms with Gasteiger partial charge in [-0.15, -0.1) is 0 Å². The van der Waals surface area contributed by atoms with Crippen molar-refractivity contribution in [1.29, 1.82) is 5.26 Å². The summed E-state index contributed by atoms with van der Waals surface area (Å²) >= 11 is 0. The van der Waals surface area contributed by atoms with E-state index >= 15 is 0 Å². The van der Waals surface area contributed by atoms with Crippen LogP contribution in [0.3, 0.4) is 0 Å². The quantitative estimate of drug-likeness (QED) is 0.350. The highest BCUT2D eigenvalue weighted by molar-refractivity contribution is 7.89. The Morgan fingerprint density at radius 3 is 2.56 bits per heavy atom. The van der Waals surface area contributed by atoms with Gasteiger partial charge >= 0.3 is 0 Å². The molecular formula is C28H42N6O4S. The molecule has 10 nitrogen and oxygen atoms in total. The predicted molar refractivity (Wildman–Crippen MR) is 150 cm³/mol. The number of guanidine groups is 1. The highest BCUT2D eigenvalue weighted by Gasteiger charge is 2.41. The molecule has 0 bridgehead atoms. The molecule has 0 aromatic heterocycles. The molecule has 2 atom stereocenters. The Balaban J connectivity index is 1.50. The summed E-state index contributed by atoms with van der Waals surface area (Å²) in [6.45, 7) is 3.88. The lowest BCUT2D eigenvalue weighted by Gasteiger charge is -2.32. The van der Waals surface area contributed by atoms with Gasteiger partial charge in [-0.25, -0.2) is 13.4 Å². The number of nitriles is 1. The van der Waals surface area contributed by atoms with E-state index in [0.717, 1.165) is 51.4 Å². The van der Waals surface area contributed by atoms with E-state index in [1.165, 1.54) is 12.0 Å². The van der Waals surface area contributed by atoms with Crippen molar-refractivity contribution in [2.45, 2.75) is 62.9 Å². The van der Waals surface area contributed by atoms with Gasteiger partial charge < -0.3 is 15.0 Å². The van der Waals surface area contributed by atoms with Gasteiger partial charge in [-0.3, -0.25) is 14.4 Å². The molecule has 2 N–H and O–H groups in total. The molecule has 0 spiro atoms. The zero-order chi connectivity index (χ0) is 27.7. The number of aliphatic imine (C=N–C) groups is 1. The fourth-order valence-corrected chi connectivity index (χ4v) is 6.28. The first-order valence-electron chi connectivity index (χ1n) is 14.1. The number of nitrogens with zero attached hydrogens (tertiary/aromatic N) is 4. The lowest BCUT2D eigenvalue weighted by molar-refractivity contribution is -0.124. The first-order valence-corrected chi connectivity index (χ1v) is 16.0. The first kappa shape index (κ1) is 29.3. The van der Waals surface area contributed by atoms with Gasteiger partial charge in [-0.2, -0.15) is 5.26 Å². The molecular weight excluding hydrogens is 516 g/mol. The summed E-state index contributed by atoms with van der Waals surface area (Å²) in [5.41, 5.74) is 0.254. The number of sulfonamides is 1. The van der Waals surface area contributed by atoms with Crippen LogP contribution in [0, 0.1) is 17.2 Å². The molecule has 3 aliphatic rings. The number of ether oxygens (including phenoxy) is 1. The SMILES string of the molecule is CS(=O)(=O)NC(=NC(CC1CCCCC1)C(=O)NC1(C#N)CCN(CCc2ccccc2)C1)N1CCOCC1. The van der Waals surface area contributed by atoms with E-state index in [2.05, 4.69) is 33.1 Å². The number of amides is 1. The lowest BCUT2D eigenvalue weighted by Crippen LogP contribution is -2.54. The third-order valence-corrected chi connectivity index (χ3v) is 8.49. The first-order chi connectivity index (χ1) is 18.8. The fraction of sp³-hybridized carbons (Fsp3) is 0.679. The number of carbonyl (C=O) groups excluding carboxylic acids is 1. The second kappa shape index (κ2) is 13.6. The van der Waals surface area contributed by atoms with Crippen LogP contribution in [0.5, 0.6) is 0 Å². The summed E-state index contributed by atoms with van der Waals surface area (Å²) in [5, 5.41) is 13.2. The van der Waals surface area contributed by atoms with Crippen molar-refractivity contribution in [3.8, 4) is 6.07 Å². The van der Waals surface area contributed by atoms with Gasteiger partial charge in [0.05, 0.1) is 25.5 Å². The molecule has 3 fully saturated rings. The molecule has 1 saturated carbocycles. The van der Waals surface area contributed by atoms with Gasteiger partial charge in [0, 0.05) is 32.7 Å². The minimum atomic E-state index is -3.61. The monoisotopic (exact) mass is 558 g/mol. The average Bonchev–Trinajstić information content (AvgIpc) is 3.35. The number of morpholine rings is 1. The number of hydrogen-bond acceptors (Lipinski definition) is 7. The number of carbonyl (C=O) groups is 1. The summed E-state index contributed by atoms with van der Waals surface area (Å²) in [5.74, 6) is 0.207. The van der Waals surface area contributed by atoms with Crippen molar-refractivity contribution in [3.05, 3.63) is 35.9 Å². The van der Waals surface area contributed by atoms with Gasteiger partial charge in [-0.05, 0) is 30.7 Å². The van der Waals surface area contributed by atoms with Crippen LogP contribution in [-0.2, 0) is 26.0 Å². The Kier molecular flexibility index (Phi) is 10.2. The summed E-state index contributed by atoms with van der Waals surface area (Å²) in [4.78, 5) is 22.6. The second-order valence-electron chi connectivity index (χ2n) is 11.1. The molecule has 2 heterocycles. The van der Waals surface area contributed by atoms with Crippen LogP contribution in [0.2, 0.25) is 0 Å². The number of rotatable bonds is 9. The number of nitrogens with one attached hydrogen (secondary N) is 2. The number of benzene rings is 1. The van der Waals surface area contributed by atoms with Crippen LogP contribution in [0.25, 0.3) is 0 Å². The number of likely N-dealkylation sites (tertiary alicyclic amines) is 1. The Morgan fingerprint density at radius 1 is 1.18 bits per heavy atom. The van der Waals surface area contributed by atoms with Crippen LogP contribution < -0.4 is 10.0 Å². The van der Waals surface area contributed by atoms with E-state index in [-0.39, 0.29) is 11.9 Å². The van der Waals surface area contributed by atoms with Gasteiger partial charge in [0.25, 0.3) is 0 Å². The molecule has 2 unspecified atom stereocenters. The zero-order valence-corrected chi connectivity index (χ0v) is 23.8. The van der Waals surface area contributed by atoms with Gasteiger partial charge in [0.15, 0.2) is 0 Å². The van der Waals surface area contributed by atoms with Crippen molar-refractivity contribution in [2.24, 2.45) is 10.9 Å². The maximum absolute atomic E-state index is 13.8. The highest BCUT2D eigenvalue weighted by Crippen LogP contribution is 2.29. The minimum Gasteiger partial charge on any atom is -0.378 e. The Hall–Kier alpha value is -2.68. The third-order valence-electron chi connectivity index (χ3n) is 7.93. The van der Waals surface area contributed by atoms with E-state index in [4.69, 9.17) is 9.73 Å². The van der Waals surface area contributed by atoms with Crippen molar-refractivity contribution >= 4 is 21.9 Å². The van der Waals surface area contributed by atoms with Crippen molar-refractivity contribution < 1.29 is 17.9 Å². The number of hydrogen-bond donors (Lipinski definition) is 2. The van der Waals surface area contributed by atoms with E-state index in [1.807, 2.05) is 23.1 Å². The van der Waals surface area contributed by atoms with E-state index in [1.54, 1.807) is 0 Å². The van der Waals surface area contributed by atoms with E-state index < -0.39 is 21.6 Å². The molecule has 39 heavy (non-hydrogen) atoms. The van der Waals surface area contributed by atoms with Crippen LogP contribution in [-0.4, -0.2) is 93.9 Å². The molecule has 1 amide bonds. The lowest BCUT2D eigenvalue weighted by atomic mass is 9.84. The fourth-order valence-electron chi connectivity index (χ4n) is 5.77. The van der Waals surface area contributed by atoms with Gasteiger partial charge in [0.2, 0.25) is 21.9 Å². The highest BCUT2D eigenvalue weighted by atomic mass is 32.2. The van der Waals surface area contributed by atoms with Crippen LogP contribution in [0.1, 0.15) is 50.5 Å². The molecule has 1 aromatic rings. The summed E-state index contributed by atoms with van der Waals surface area (Å²) in [6, 6.07) is 11.8. The molecule has 4 rings (SSSR count). The molecule has 1 aromatic carbocycles. The maximum atomic E-state index is 13.8. The van der Waals surface area contributed by atoms with Crippen molar-refractivity contribution in [1.82, 2.24) is 19.8 Å². The molecule has 11 heteroatoms. The summed E-state index contributed by atoms with van der Waals surface area (Å²) in [7, 11) is -3.61. The third kappa shape index (κ3) is 8.92. The maximum Gasteiger partial charge on any atom is 0.246 e. The molecule has 2 saturated heterocycles. The minimum absolute atomic E-state index is 0.179. The predicted octanol–water partition coefficient (Wildman–Crippen LogP) is 1.89. The Bertz CT molecular complexity index is 1130. The Labute approximate surface area is 232 Å².